The zero-order chi connectivity index (χ0) is 29.3. The lowest BCUT2D eigenvalue weighted by molar-refractivity contribution is -0.141. The summed E-state index contributed by atoms with van der Waals surface area (Å²) in [5, 5.41) is 2.84. The minimum atomic E-state index is -3.59. The van der Waals surface area contributed by atoms with E-state index < -0.39 is 21.9 Å². The fraction of sp³-hybridized carbons (Fsp3) is 0.355. The van der Waals surface area contributed by atoms with Crippen molar-refractivity contribution in [3.63, 3.8) is 0 Å². The highest BCUT2D eigenvalue weighted by Gasteiger charge is 2.30. The summed E-state index contributed by atoms with van der Waals surface area (Å²) in [6, 6.07) is 19.9. The van der Waals surface area contributed by atoms with Crippen molar-refractivity contribution in [1.29, 1.82) is 0 Å². The van der Waals surface area contributed by atoms with Gasteiger partial charge in [0.25, 0.3) is 0 Å². The highest BCUT2D eigenvalue weighted by atomic mass is 32.2. The lowest BCUT2D eigenvalue weighted by Crippen LogP contribution is -2.50. The molecule has 0 fully saturated rings. The molecule has 0 saturated heterocycles. The van der Waals surface area contributed by atoms with Gasteiger partial charge in [0.05, 0.1) is 11.9 Å². The average molecular weight is 568 g/mol. The number of hydrogen-bond acceptors (Lipinski definition) is 4. The number of benzene rings is 3. The van der Waals surface area contributed by atoms with Crippen LogP contribution in [0, 0.1) is 19.7 Å². The summed E-state index contributed by atoms with van der Waals surface area (Å²) in [6.07, 6.45) is 1.74. The monoisotopic (exact) mass is 567 g/mol. The third kappa shape index (κ3) is 8.64. The van der Waals surface area contributed by atoms with Crippen LogP contribution in [0.2, 0.25) is 0 Å². The van der Waals surface area contributed by atoms with Gasteiger partial charge in [0, 0.05) is 32.5 Å². The van der Waals surface area contributed by atoms with Gasteiger partial charge >= 0.3 is 0 Å². The van der Waals surface area contributed by atoms with E-state index in [1.807, 2.05) is 63.2 Å². The maximum Gasteiger partial charge on any atom is 0.243 e. The van der Waals surface area contributed by atoms with Gasteiger partial charge in [0.1, 0.15) is 11.9 Å². The first-order valence-corrected chi connectivity index (χ1v) is 15.2. The summed E-state index contributed by atoms with van der Waals surface area (Å²) in [4.78, 5) is 28.5. The maximum atomic E-state index is 13.7. The molecule has 9 heteroatoms. The maximum absolute atomic E-state index is 13.7. The van der Waals surface area contributed by atoms with Crippen molar-refractivity contribution >= 4 is 27.5 Å². The highest BCUT2D eigenvalue weighted by molar-refractivity contribution is 7.92. The largest absolute Gasteiger partial charge is 0.355 e. The first-order valence-electron chi connectivity index (χ1n) is 13.4. The van der Waals surface area contributed by atoms with Crippen molar-refractivity contribution in [1.82, 2.24) is 10.2 Å². The highest BCUT2D eigenvalue weighted by Crippen LogP contribution is 2.23. The van der Waals surface area contributed by atoms with Gasteiger partial charge in [-0.2, -0.15) is 0 Å². The van der Waals surface area contributed by atoms with Gasteiger partial charge in [-0.25, -0.2) is 12.8 Å². The lowest BCUT2D eigenvalue weighted by Gasteiger charge is -2.32. The molecule has 0 heterocycles. The molecule has 0 spiro atoms. The number of anilines is 1. The first-order chi connectivity index (χ1) is 19.0. The predicted octanol–water partition coefficient (Wildman–Crippen LogP) is 4.76. The fourth-order valence-electron chi connectivity index (χ4n) is 4.52. The van der Waals surface area contributed by atoms with E-state index >= 15 is 0 Å². The Labute approximate surface area is 237 Å². The summed E-state index contributed by atoms with van der Waals surface area (Å²) in [6.45, 7) is 6.32. The molecular weight excluding hydrogens is 529 g/mol. The summed E-state index contributed by atoms with van der Waals surface area (Å²) in [5.41, 5.74) is 4.15. The fourth-order valence-corrected chi connectivity index (χ4v) is 5.47. The van der Waals surface area contributed by atoms with Crippen molar-refractivity contribution in [2.24, 2.45) is 0 Å². The van der Waals surface area contributed by atoms with E-state index in [0.717, 1.165) is 22.9 Å². The smallest absolute Gasteiger partial charge is 0.243 e. The average Bonchev–Trinajstić information content (AvgIpc) is 2.91. The van der Waals surface area contributed by atoms with E-state index in [1.54, 1.807) is 18.2 Å². The molecule has 0 aliphatic carbocycles. The van der Waals surface area contributed by atoms with Crippen molar-refractivity contribution in [3.8, 4) is 0 Å². The minimum Gasteiger partial charge on any atom is -0.355 e. The molecule has 3 aromatic carbocycles. The number of sulfonamides is 1. The molecule has 0 aromatic heterocycles. The molecule has 3 rings (SSSR count). The second-order valence-electron chi connectivity index (χ2n) is 9.96. The van der Waals surface area contributed by atoms with Crippen molar-refractivity contribution < 1.29 is 22.4 Å². The van der Waals surface area contributed by atoms with Crippen molar-refractivity contribution in [3.05, 3.63) is 101 Å². The van der Waals surface area contributed by atoms with Gasteiger partial charge in [0.15, 0.2) is 0 Å². The normalized spacial score (nSPS) is 12.0. The van der Waals surface area contributed by atoms with E-state index in [1.165, 1.54) is 21.3 Å². The van der Waals surface area contributed by atoms with Crippen LogP contribution in [0.3, 0.4) is 0 Å². The Bertz CT molecular complexity index is 1400. The van der Waals surface area contributed by atoms with Crippen LogP contribution >= 0.6 is 0 Å². The third-order valence-electron chi connectivity index (χ3n) is 6.82. The summed E-state index contributed by atoms with van der Waals surface area (Å²) in [7, 11) is -3.59. The summed E-state index contributed by atoms with van der Waals surface area (Å²) in [5.74, 6) is -0.960. The molecule has 0 bridgehead atoms. The number of carbonyl (C=O) groups excluding carboxylic acids is 2. The van der Waals surface area contributed by atoms with E-state index in [4.69, 9.17) is 0 Å². The Hall–Kier alpha value is -3.72. The van der Waals surface area contributed by atoms with Gasteiger partial charge in [-0.15, -0.1) is 0 Å². The molecule has 2 amide bonds. The van der Waals surface area contributed by atoms with Crippen LogP contribution in [-0.2, 0) is 32.6 Å². The third-order valence-corrected chi connectivity index (χ3v) is 8.01. The van der Waals surface area contributed by atoms with E-state index in [-0.39, 0.29) is 37.7 Å². The van der Waals surface area contributed by atoms with Crippen LogP contribution in [0.4, 0.5) is 10.1 Å². The number of aryl methyl sites for hydroxylation is 2. The molecule has 3 aromatic rings. The number of likely N-dealkylation sites (N-methyl/N-ethyl adjacent to an activating group) is 1. The molecule has 0 saturated carbocycles. The Morgan fingerprint density at radius 2 is 1.60 bits per heavy atom. The van der Waals surface area contributed by atoms with Crippen LogP contribution < -0.4 is 9.62 Å². The number of nitrogens with one attached hydrogen (secondary N) is 1. The Kier molecular flexibility index (Phi) is 10.8. The topological polar surface area (TPSA) is 86.8 Å². The van der Waals surface area contributed by atoms with E-state index in [9.17, 15) is 22.4 Å². The minimum absolute atomic E-state index is 0.0305. The van der Waals surface area contributed by atoms with Gasteiger partial charge in [-0.05, 0) is 73.7 Å². The second-order valence-corrected chi connectivity index (χ2v) is 11.9. The zero-order valence-electron chi connectivity index (χ0n) is 23.6. The number of halogens is 1. The van der Waals surface area contributed by atoms with Crippen LogP contribution in [0.15, 0.2) is 72.8 Å². The molecule has 1 unspecified atom stereocenters. The number of amides is 2. The van der Waals surface area contributed by atoms with Crippen molar-refractivity contribution in [2.75, 3.05) is 23.7 Å². The predicted molar refractivity (Wildman–Crippen MR) is 157 cm³/mol. The lowest BCUT2D eigenvalue weighted by atomic mass is 10.0. The Morgan fingerprint density at radius 1 is 0.925 bits per heavy atom. The Morgan fingerprint density at radius 3 is 2.20 bits per heavy atom. The van der Waals surface area contributed by atoms with Crippen LogP contribution in [0.5, 0.6) is 0 Å². The van der Waals surface area contributed by atoms with Crippen molar-refractivity contribution in [2.45, 2.75) is 52.6 Å². The molecule has 1 N–H and O–H groups in total. The Balaban J connectivity index is 1.86. The van der Waals surface area contributed by atoms with E-state index in [2.05, 4.69) is 5.32 Å². The molecule has 0 aliphatic rings. The molecule has 1 atom stereocenters. The number of hydrogen-bond donors (Lipinski definition) is 1. The molecule has 40 heavy (non-hydrogen) atoms. The van der Waals surface area contributed by atoms with Gasteiger partial charge < -0.3 is 10.2 Å². The van der Waals surface area contributed by atoms with Gasteiger partial charge in [0.2, 0.25) is 21.8 Å². The number of nitrogens with zero attached hydrogens (tertiary/aromatic N) is 2. The van der Waals surface area contributed by atoms with E-state index in [0.29, 0.717) is 24.2 Å². The first kappa shape index (κ1) is 30.8. The van der Waals surface area contributed by atoms with Crippen LogP contribution in [0.1, 0.15) is 42.0 Å². The number of carbonyl (C=O) groups is 2. The van der Waals surface area contributed by atoms with Gasteiger partial charge in [-0.1, -0.05) is 48.5 Å². The molecule has 214 valence electrons. The molecule has 0 aliphatic heterocycles. The molecule has 7 nitrogen and oxygen atoms in total. The van der Waals surface area contributed by atoms with Gasteiger partial charge in [-0.3, -0.25) is 13.9 Å². The zero-order valence-corrected chi connectivity index (χ0v) is 24.4. The van der Waals surface area contributed by atoms with Crippen LogP contribution in [-0.4, -0.2) is 50.5 Å². The van der Waals surface area contributed by atoms with Crippen LogP contribution in [0.25, 0.3) is 0 Å². The molecule has 0 radical (unpaired) electrons. The molecular formula is C31H38FN3O4S. The quantitative estimate of drug-likeness (QED) is 0.323. The summed E-state index contributed by atoms with van der Waals surface area (Å²) >= 11 is 0. The summed E-state index contributed by atoms with van der Waals surface area (Å²) < 4.78 is 40.1. The standard InChI is InChI=1S/C31H38FN3O4S/c1-5-33-31(37)29(21-25-10-7-6-8-11-25)34(22-26-14-16-27(32)17-15-26)30(36)12-9-19-35(40(4,38)39)28-18-13-23(2)24(3)20-28/h6-8,10-11,13-18,20,29H,5,9,12,19,21-22H2,1-4H3,(H,33,37). The number of rotatable bonds is 13. The SMILES string of the molecule is CCNC(=O)C(Cc1ccccc1)N(Cc1ccc(F)cc1)C(=O)CCCN(c1ccc(C)c(C)c1)S(C)(=O)=O. The second kappa shape index (κ2) is 14.1.